The van der Waals surface area contributed by atoms with E-state index in [0.29, 0.717) is 5.69 Å². The number of aromatic amines is 1. The zero-order chi connectivity index (χ0) is 18.6. The van der Waals surface area contributed by atoms with E-state index in [1.165, 1.54) is 12.1 Å². The van der Waals surface area contributed by atoms with Crippen LogP contribution in [0.1, 0.15) is 17.4 Å². The molecule has 0 unspecified atom stereocenters. The highest BCUT2D eigenvalue weighted by molar-refractivity contribution is 7.71. The lowest BCUT2D eigenvalue weighted by atomic mass is 10.2. The van der Waals surface area contributed by atoms with Gasteiger partial charge in [0.2, 0.25) is 9.70 Å². The van der Waals surface area contributed by atoms with E-state index >= 15 is 0 Å². The van der Waals surface area contributed by atoms with Gasteiger partial charge in [-0.25, -0.2) is 0 Å². The Morgan fingerprint density at radius 1 is 1.32 bits per heavy atom. The molecule has 1 heterocycles. The minimum atomic E-state index is -1.99. The van der Waals surface area contributed by atoms with Crippen LogP contribution in [0.4, 0.5) is 0 Å². The number of nitrogens with zero attached hydrogens (tertiary/aromatic N) is 1. The van der Waals surface area contributed by atoms with Gasteiger partial charge in [-0.2, -0.15) is 0 Å². The summed E-state index contributed by atoms with van der Waals surface area (Å²) < 4.78 is -0.936. The molecule has 2 aromatic rings. The Hall–Kier alpha value is -1.60. The highest BCUT2D eigenvalue weighted by Crippen LogP contribution is 2.36. The van der Waals surface area contributed by atoms with Crippen molar-refractivity contribution < 1.29 is 4.79 Å². The second kappa shape index (κ2) is 8.19. The highest BCUT2D eigenvalue weighted by Gasteiger charge is 2.36. The quantitative estimate of drug-likeness (QED) is 0.449. The average molecular weight is 419 g/mol. The summed E-state index contributed by atoms with van der Waals surface area (Å²) in [6.45, 7) is 1.67. The first-order chi connectivity index (χ1) is 11.7. The number of hydrogen-bond acceptors (Lipinski definition) is 3. The van der Waals surface area contributed by atoms with Crippen molar-refractivity contribution in [1.29, 1.82) is 0 Å². The summed E-state index contributed by atoms with van der Waals surface area (Å²) in [5.74, 6) is -0.540. The number of hydrogen-bond donors (Lipinski definition) is 2. The summed E-state index contributed by atoms with van der Waals surface area (Å²) in [5.41, 5.74) is 0.891. The molecule has 1 aromatic carbocycles. The van der Waals surface area contributed by atoms with Gasteiger partial charge in [-0.15, -0.1) is 0 Å². The van der Waals surface area contributed by atoms with Crippen molar-refractivity contribution >= 4 is 59.0 Å². The Morgan fingerprint density at radius 2 is 1.96 bits per heavy atom. The Kier molecular flexibility index (Phi) is 6.46. The summed E-state index contributed by atoms with van der Waals surface area (Å²) in [6.07, 6.45) is 1.61. The van der Waals surface area contributed by atoms with Crippen molar-refractivity contribution in [3.8, 4) is 0 Å². The van der Waals surface area contributed by atoms with Crippen molar-refractivity contribution in [3.05, 3.63) is 68.9 Å². The Morgan fingerprint density at radius 3 is 2.52 bits per heavy atom. The van der Waals surface area contributed by atoms with Gasteiger partial charge in [0, 0.05) is 17.8 Å². The highest BCUT2D eigenvalue weighted by atomic mass is 35.6. The monoisotopic (exact) mass is 417 g/mol. The normalized spacial score (nSPS) is 13.0. The first kappa shape index (κ1) is 19.7. The van der Waals surface area contributed by atoms with Crippen LogP contribution in [-0.4, -0.2) is 19.3 Å². The number of amides is 1. The molecule has 2 N–H and O–H groups in total. The molecule has 1 amide bonds. The fraction of sp³-hybridized carbons (Fsp3) is 0.188. The van der Waals surface area contributed by atoms with Crippen molar-refractivity contribution in [1.82, 2.24) is 14.9 Å². The number of rotatable bonds is 4. The molecule has 1 atom stereocenters. The second-order valence-electron chi connectivity index (χ2n) is 5.16. The van der Waals surface area contributed by atoms with Crippen LogP contribution in [0, 0.1) is 11.7 Å². The molecule has 9 heteroatoms. The fourth-order valence-corrected chi connectivity index (χ4v) is 2.89. The number of aromatic nitrogens is 2. The minimum Gasteiger partial charge on any atom is -0.336 e. The first-order valence-electron chi connectivity index (χ1n) is 7.11. The molecule has 0 saturated heterocycles. The van der Waals surface area contributed by atoms with E-state index < -0.39 is 21.4 Å². The summed E-state index contributed by atoms with van der Waals surface area (Å²) in [5, 5.41) is 2.50. The molecule has 1 aromatic heterocycles. The number of alkyl halides is 3. The van der Waals surface area contributed by atoms with Crippen LogP contribution < -0.4 is 10.9 Å². The van der Waals surface area contributed by atoms with Crippen LogP contribution in [0.15, 0.2) is 47.3 Å². The van der Waals surface area contributed by atoms with E-state index in [2.05, 4.69) is 10.3 Å². The van der Waals surface area contributed by atoms with Crippen LogP contribution in [0.3, 0.4) is 0 Å². The van der Waals surface area contributed by atoms with Gasteiger partial charge in [0.25, 0.3) is 5.56 Å². The number of benzene rings is 1. The predicted octanol–water partition coefficient (Wildman–Crippen LogP) is 3.91. The maximum absolute atomic E-state index is 12.2. The molecule has 2 rings (SSSR count). The molecule has 5 nitrogen and oxygen atoms in total. The third kappa shape index (κ3) is 5.44. The average Bonchev–Trinajstić information content (AvgIpc) is 2.51. The van der Waals surface area contributed by atoms with Gasteiger partial charge in [0.1, 0.15) is 0 Å². The molecule has 0 aliphatic rings. The number of H-pyrrole nitrogens is 1. The third-order valence-electron chi connectivity index (χ3n) is 3.17. The van der Waals surface area contributed by atoms with E-state index in [0.717, 1.165) is 10.1 Å². The van der Waals surface area contributed by atoms with Crippen molar-refractivity contribution in [2.24, 2.45) is 0 Å². The van der Waals surface area contributed by atoms with Crippen LogP contribution in [-0.2, 0) is 4.79 Å². The summed E-state index contributed by atoms with van der Waals surface area (Å²) >= 11 is 23.0. The standard InChI is InChI=1S/C16H14Cl3N3O2S/c1-10-9-13(24)22(15(25)20-10)14(16(17,18)19)21-12(23)8-7-11-5-3-2-4-6-11/h2-9,14H,1H3,(H,20,25)(H,21,23)/b8-7+/t14-/m0/s1. The fourth-order valence-electron chi connectivity index (χ4n) is 2.08. The van der Waals surface area contributed by atoms with E-state index in [4.69, 9.17) is 47.0 Å². The lowest BCUT2D eigenvalue weighted by molar-refractivity contribution is -0.117. The zero-order valence-corrected chi connectivity index (χ0v) is 16.1. The maximum Gasteiger partial charge on any atom is 0.256 e. The predicted molar refractivity (Wildman–Crippen MR) is 104 cm³/mol. The summed E-state index contributed by atoms with van der Waals surface area (Å²) in [7, 11) is 0. The molecule has 0 aliphatic heterocycles. The molecular formula is C16H14Cl3N3O2S. The van der Waals surface area contributed by atoms with Gasteiger partial charge in [-0.1, -0.05) is 65.1 Å². The second-order valence-corrected chi connectivity index (χ2v) is 7.92. The van der Waals surface area contributed by atoms with E-state index in [9.17, 15) is 9.59 Å². The summed E-state index contributed by atoms with van der Waals surface area (Å²) in [4.78, 5) is 27.2. The summed E-state index contributed by atoms with van der Waals surface area (Å²) in [6, 6.07) is 10.5. The van der Waals surface area contributed by atoms with Gasteiger partial charge in [-0.3, -0.25) is 14.2 Å². The van der Waals surface area contributed by atoms with Crippen molar-refractivity contribution in [2.45, 2.75) is 16.9 Å². The van der Waals surface area contributed by atoms with Crippen LogP contribution in [0.25, 0.3) is 6.08 Å². The van der Waals surface area contributed by atoms with Crippen molar-refractivity contribution in [2.75, 3.05) is 0 Å². The van der Waals surface area contributed by atoms with E-state index in [-0.39, 0.29) is 4.77 Å². The SMILES string of the molecule is Cc1cc(=O)n([C@H](NC(=O)/C=C/c2ccccc2)C(Cl)(Cl)Cl)c(=S)[nH]1. The molecule has 132 valence electrons. The van der Waals surface area contributed by atoms with Gasteiger partial charge in [0.05, 0.1) is 0 Å². The van der Waals surface area contributed by atoms with Gasteiger partial charge in [-0.05, 0) is 30.8 Å². The Bertz CT molecular complexity index is 870. The maximum atomic E-state index is 12.2. The van der Waals surface area contributed by atoms with Crippen LogP contribution >= 0.6 is 47.0 Å². The van der Waals surface area contributed by atoms with Crippen LogP contribution in [0.2, 0.25) is 0 Å². The largest absolute Gasteiger partial charge is 0.336 e. The smallest absolute Gasteiger partial charge is 0.256 e. The number of carbonyl (C=O) groups is 1. The lowest BCUT2D eigenvalue weighted by Crippen LogP contribution is -2.44. The van der Waals surface area contributed by atoms with Crippen molar-refractivity contribution in [3.63, 3.8) is 0 Å². The van der Waals surface area contributed by atoms with E-state index in [1.54, 1.807) is 13.0 Å². The number of nitrogens with one attached hydrogen (secondary N) is 2. The molecule has 0 fully saturated rings. The number of carbonyl (C=O) groups excluding carboxylic acids is 1. The molecule has 0 spiro atoms. The molecule has 0 radical (unpaired) electrons. The van der Waals surface area contributed by atoms with Crippen LogP contribution in [0.5, 0.6) is 0 Å². The Balaban J connectivity index is 2.31. The topological polar surface area (TPSA) is 66.9 Å². The Labute approximate surface area is 164 Å². The first-order valence-corrected chi connectivity index (χ1v) is 8.65. The number of aryl methyl sites for hydroxylation is 1. The zero-order valence-electron chi connectivity index (χ0n) is 13.0. The third-order valence-corrected chi connectivity index (χ3v) is 4.09. The van der Waals surface area contributed by atoms with Gasteiger partial charge >= 0.3 is 0 Å². The number of halogens is 3. The van der Waals surface area contributed by atoms with Gasteiger partial charge < -0.3 is 10.3 Å². The molecular weight excluding hydrogens is 405 g/mol. The molecule has 0 aliphatic carbocycles. The molecule has 25 heavy (non-hydrogen) atoms. The van der Waals surface area contributed by atoms with E-state index in [1.807, 2.05) is 30.3 Å². The lowest BCUT2D eigenvalue weighted by Gasteiger charge is -2.26. The molecule has 0 saturated carbocycles. The minimum absolute atomic E-state index is 0.0358. The molecule has 0 bridgehead atoms. The van der Waals surface area contributed by atoms with Gasteiger partial charge in [0.15, 0.2) is 10.9 Å².